The lowest BCUT2D eigenvalue weighted by molar-refractivity contribution is 0.607. The van der Waals surface area contributed by atoms with Crippen LogP contribution in [0.25, 0.3) is 11.3 Å². The zero-order valence-electron chi connectivity index (χ0n) is 15.9. The molecule has 3 rings (SSSR count). The molecular formula is C23H27FN2S. The topological polar surface area (TPSA) is 24.9 Å². The van der Waals surface area contributed by atoms with Gasteiger partial charge < -0.3 is 5.32 Å². The first-order chi connectivity index (χ1) is 13.2. The van der Waals surface area contributed by atoms with Gasteiger partial charge in [0.15, 0.2) is 5.13 Å². The predicted molar refractivity (Wildman–Crippen MR) is 114 cm³/mol. The van der Waals surface area contributed by atoms with Crippen molar-refractivity contribution >= 4 is 22.2 Å². The van der Waals surface area contributed by atoms with Gasteiger partial charge in [-0.05, 0) is 54.8 Å². The molecule has 0 fully saturated rings. The molecule has 0 aliphatic carbocycles. The van der Waals surface area contributed by atoms with Gasteiger partial charge in [0.05, 0.1) is 5.69 Å². The van der Waals surface area contributed by atoms with Crippen molar-refractivity contribution in [3.05, 3.63) is 65.3 Å². The third-order valence-electron chi connectivity index (χ3n) is 4.67. The second-order valence-corrected chi connectivity index (χ2v) is 7.74. The molecule has 0 atom stereocenters. The fraction of sp³-hybridized carbons (Fsp3) is 0.348. The number of nitrogens with zero attached hydrogens (tertiary/aromatic N) is 1. The fourth-order valence-corrected chi connectivity index (χ4v) is 3.81. The summed E-state index contributed by atoms with van der Waals surface area (Å²) in [5.41, 5.74) is 4.22. The minimum atomic E-state index is -0.228. The standard InChI is InChI=1S/C23H27FN2S/c1-2-3-4-5-6-7-8-18-9-15-21(16-10-18)25-23-26-22(17-27-23)19-11-13-20(24)14-12-19/h9-17H,2-8H2,1H3,(H,25,26). The highest BCUT2D eigenvalue weighted by Crippen LogP contribution is 2.27. The molecule has 0 unspecified atom stereocenters. The minimum absolute atomic E-state index is 0.228. The Kier molecular flexibility index (Phi) is 7.40. The van der Waals surface area contributed by atoms with E-state index in [2.05, 4.69) is 41.5 Å². The summed E-state index contributed by atoms with van der Waals surface area (Å²) in [5.74, 6) is -0.228. The van der Waals surface area contributed by atoms with Crippen LogP contribution in [0.4, 0.5) is 15.2 Å². The Morgan fingerprint density at radius 3 is 2.33 bits per heavy atom. The van der Waals surface area contributed by atoms with Crippen molar-refractivity contribution in [3.63, 3.8) is 0 Å². The van der Waals surface area contributed by atoms with Gasteiger partial charge in [-0.25, -0.2) is 9.37 Å². The van der Waals surface area contributed by atoms with Crippen molar-refractivity contribution < 1.29 is 4.39 Å². The zero-order valence-corrected chi connectivity index (χ0v) is 16.7. The van der Waals surface area contributed by atoms with Gasteiger partial charge in [0.25, 0.3) is 0 Å². The maximum atomic E-state index is 13.0. The number of rotatable bonds is 10. The second-order valence-electron chi connectivity index (χ2n) is 6.88. The third-order valence-corrected chi connectivity index (χ3v) is 5.43. The maximum Gasteiger partial charge on any atom is 0.187 e. The van der Waals surface area contributed by atoms with Gasteiger partial charge in [0.2, 0.25) is 0 Å². The van der Waals surface area contributed by atoms with Gasteiger partial charge in [-0.1, -0.05) is 51.2 Å². The molecule has 0 aliphatic heterocycles. The molecule has 142 valence electrons. The molecule has 0 amide bonds. The number of thiazole rings is 1. The van der Waals surface area contributed by atoms with Crippen LogP contribution >= 0.6 is 11.3 Å². The Hall–Kier alpha value is -2.20. The highest BCUT2D eigenvalue weighted by molar-refractivity contribution is 7.14. The molecule has 0 bridgehead atoms. The molecule has 2 aromatic carbocycles. The monoisotopic (exact) mass is 382 g/mol. The first-order valence-corrected chi connectivity index (χ1v) is 10.7. The molecule has 27 heavy (non-hydrogen) atoms. The smallest absolute Gasteiger partial charge is 0.187 e. The summed E-state index contributed by atoms with van der Waals surface area (Å²) in [5, 5.41) is 6.19. The molecule has 1 heterocycles. The zero-order chi connectivity index (χ0) is 18.9. The summed E-state index contributed by atoms with van der Waals surface area (Å²) < 4.78 is 13.0. The van der Waals surface area contributed by atoms with Crippen molar-refractivity contribution in [2.75, 3.05) is 5.32 Å². The Morgan fingerprint density at radius 1 is 0.889 bits per heavy atom. The number of unbranched alkanes of at least 4 members (excludes halogenated alkanes) is 5. The molecule has 3 aromatic rings. The average Bonchev–Trinajstić information content (AvgIpc) is 3.15. The number of halogens is 1. The number of benzene rings is 2. The fourth-order valence-electron chi connectivity index (χ4n) is 3.07. The van der Waals surface area contributed by atoms with E-state index in [4.69, 9.17) is 0 Å². The van der Waals surface area contributed by atoms with Crippen LogP contribution in [0.1, 0.15) is 51.0 Å². The van der Waals surface area contributed by atoms with Crippen LogP contribution in [0.2, 0.25) is 0 Å². The summed E-state index contributed by atoms with van der Waals surface area (Å²) in [6, 6.07) is 15.1. The van der Waals surface area contributed by atoms with Crippen LogP contribution in [0.5, 0.6) is 0 Å². The van der Waals surface area contributed by atoms with Crippen LogP contribution in [0, 0.1) is 5.82 Å². The summed E-state index contributed by atoms with van der Waals surface area (Å²) in [7, 11) is 0. The van der Waals surface area contributed by atoms with Crippen molar-refractivity contribution in [3.8, 4) is 11.3 Å². The van der Waals surface area contributed by atoms with E-state index in [1.807, 2.05) is 5.38 Å². The lowest BCUT2D eigenvalue weighted by Crippen LogP contribution is -1.91. The number of nitrogens with one attached hydrogen (secondary N) is 1. The summed E-state index contributed by atoms with van der Waals surface area (Å²) >= 11 is 1.55. The van der Waals surface area contributed by atoms with Crippen molar-refractivity contribution in [2.24, 2.45) is 0 Å². The van der Waals surface area contributed by atoms with Crippen LogP contribution < -0.4 is 5.32 Å². The normalized spacial score (nSPS) is 10.9. The van der Waals surface area contributed by atoms with Crippen LogP contribution in [-0.4, -0.2) is 4.98 Å². The number of anilines is 2. The highest BCUT2D eigenvalue weighted by atomic mass is 32.1. The van der Waals surface area contributed by atoms with Gasteiger partial charge in [0.1, 0.15) is 5.82 Å². The predicted octanol–water partition coefficient (Wildman–Crippen LogP) is 7.60. The van der Waals surface area contributed by atoms with Crippen molar-refractivity contribution in [1.29, 1.82) is 0 Å². The van der Waals surface area contributed by atoms with Gasteiger partial charge in [-0.2, -0.15) is 0 Å². The van der Waals surface area contributed by atoms with E-state index in [9.17, 15) is 4.39 Å². The lowest BCUT2D eigenvalue weighted by Gasteiger charge is -2.05. The van der Waals surface area contributed by atoms with E-state index in [0.29, 0.717) is 0 Å². The second kappa shape index (κ2) is 10.2. The summed E-state index contributed by atoms with van der Waals surface area (Å²) in [6.07, 6.45) is 9.13. The number of aryl methyl sites for hydroxylation is 1. The first-order valence-electron chi connectivity index (χ1n) is 9.82. The minimum Gasteiger partial charge on any atom is -0.332 e. The van der Waals surface area contributed by atoms with Crippen LogP contribution in [-0.2, 0) is 6.42 Å². The largest absolute Gasteiger partial charge is 0.332 e. The van der Waals surface area contributed by atoms with E-state index in [1.54, 1.807) is 23.5 Å². The third kappa shape index (κ3) is 6.17. The molecular weight excluding hydrogens is 355 g/mol. The van der Waals surface area contributed by atoms with Gasteiger partial charge in [0, 0.05) is 16.6 Å². The lowest BCUT2D eigenvalue weighted by atomic mass is 10.0. The summed E-state index contributed by atoms with van der Waals surface area (Å²) in [6.45, 7) is 2.25. The highest BCUT2D eigenvalue weighted by Gasteiger charge is 2.05. The molecule has 1 aromatic heterocycles. The molecule has 1 N–H and O–H groups in total. The first kappa shape index (κ1) is 19.6. The molecule has 0 radical (unpaired) electrons. The molecule has 0 spiro atoms. The SMILES string of the molecule is CCCCCCCCc1ccc(Nc2nc(-c3ccc(F)cc3)cs2)cc1. The Balaban J connectivity index is 1.49. The van der Waals surface area contributed by atoms with E-state index in [0.717, 1.165) is 28.5 Å². The molecule has 2 nitrogen and oxygen atoms in total. The van der Waals surface area contributed by atoms with Crippen LogP contribution in [0.3, 0.4) is 0 Å². The van der Waals surface area contributed by atoms with Gasteiger partial charge in [-0.3, -0.25) is 0 Å². The van der Waals surface area contributed by atoms with E-state index in [-0.39, 0.29) is 5.82 Å². The maximum absolute atomic E-state index is 13.0. The molecule has 0 saturated carbocycles. The molecule has 0 aliphatic rings. The van der Waals surface area contributed by atoms with Crippen molar-refractivity contribution in [1.82, 2.24) is 4.98 Å². The Labute approximate surface area is 165 Å². The molecule has 0 saturated heterocycles. The quantitative estimate of drug-likeness (QED) is 0.365. The van der Waals surface area contributed by atoms with E-state index >= 15 is 0 Å². The molecule has 4 heteroatoms. The van der Waals surface area contributed by atoms with Crippen molar-refractivity contribution in [2.45, 2.75) is 51.9 Å². The Bertz CT molecular complexity index is 809. The number of hydrogen-bond acceptors (Lipinski definition) is 3. The van der Waals surface area contributed by atoms with Crippen LogP contribution in [0.15, 0.2) is 53.9 Å². The summed E-state index contributed by atoms with van der Waals surface area (Å²) in [4.78, 5) is 4.60. The van der Waals surface area contributed by atoms with Gasteiger partial charge in [-0.15, -0.1) is 11.3 Å². The number of hydrogen-bond donors (Lipinski definition) is 1. The average molecular weight is 383 g/mol. The van der Waals surface area contributed by atoms with E-state index in [1.165, 1.54) is 56.2 Å². The Morgan fingerprint density at radius 2 is 1.59 bits per heavy atom. The van der Waals surface area contributed by atoms with Gasteiger partial charge >= 0.3 is 0 Å². The number of aromatic nitrogens is 1. The van der Waals surface area contributed by atoms with E-state index < -0.39 is 0 Å².